The predicted octanol–water partition coefficient (Wildman–Crippen LogP) is 5.45. The van der Waals surface area contributed by atoms with Gasteiger partial charge in [0.1, 0.15) is 36.4 Å². The molecule has 1 unspecified atom stereocenters. The number of carbonyl (C=O) groups is 5. The van der Waals surface area contributed by atoms with Gasteiger partial charge >= 0.3 is 42.0 Å². The summed E-state index contributed by atoms with van der Waals surface area (Å²) in [6.45, 7) is 6.61. The Morgan fingerprint density at radius 3 is 2.03 bits per heavy atom. The number of aryl methyl sites for hydroxylation is 2. The van der Waals surface area contributed by atoms with Gasteiger partial charge in [-0.25, -0.2) is 50.3 Å². The normalized spacial score (nSPS) is 11.2. The molecule has 4 aromatic heterocycles. The van der Waals surface area contributed by atoms with Crippen molar-refractivity contribution in [1.82, 2.24) is 44.3 Å². The van der Waals surface area contributed by atoms with Gasteiger partial charge in [0.05, 0.1) is 45.8 Å². The summed E-state index contributed by atoms with van der Waals surface area (Å²) in [7, 11) is -2.49. The summed E-state index contributed by atoms with van der Waals surface area (Å²) in [4.78, 5) is 85.9. The second-order valence-corrected chi connectivity index (χ2v) is 19.6. The maximum absolute atomic E-state index is 13.4. The summed E-state index contributed by atoms with van der Waals surface area (Å²) in [5, 5.41) is 3.02. The first-order chi connectivity index (χ1) is 35.3. The molecule has 1 aromatic carbocycles. The number of sulfonamides is 2. The number of thiophene rings is 1. The fourth-order valence-electron chi connectivity index (χ4n) is 5.56. The number of hydrogen-bond donors (Lipinski definition) is 4. The SMILES string of the molecule is CCCCCCC(C)OC(=O)COc1nc(F)c(Cl)c(N)c1Cl.COC(=O)c1ccccc1S(=O)(=O)NC(=O)N(C)c1nc(C)nc(OC)n1.COC(=O)c1sccc1S(=O)(=O)NC(=O)Nc1nc(C)nc(OC)n1. The molecule has 0 aliphatic carbocycles. The molecule has 0 aliphatic heterocycles. The van der Waals surface area contributed by atoms with Crippen molar-refractivity contribution in [2.75, 3.05) is 58.0 Å². The Morgan fingerprint density at radius 1 is 0.787 bits per heavy atom. The highest BCUT2D eigenvalue weighted by Gasteiger charge is 2.29. The van der Waals surface area contributed by atoms with Gasteiger partial charge in [0.25, 0.3) is 20.0 Å². The quantitative estimate of drug-likeness (QED) is 0.0345. The molecule has 75 heavy (non-hydrogen) atoms. The van der Waals surface area contributed by atoms with Crippen LogP contribution in [0.2, 0.25) is 10.0 Å². The number of aromatic nitrogens is 7. The van der Waals surface area contributed by atoms with Crippen molar-refractivity contribution in [3.05, 3.63) is 73.8 Å². The molecule has 0 saturated carbocycles. The van der Waals surface area contributed by atoms with Crippen LogP contribution in [0.25, 0.3) is 0 Å². The number of nitrogens with two attached hydrogens (primary N) is 1. The fraction of sp³-hybridized carbons (Fsp3) is 0.381. The van der Waals surface area contributed by atoms with Crippen molar-refractivity contribution in [3.63, 3.8) is 0 Å². The highest BCUT2D eigenvalue weighted by atomic mass is 35.5. The zero-order valence-corrected chi connectivity index (χ0v) is 45.4. The van der Waals surface area contributed by atoms with Crippen molar-refractivity contribution in [3.8, 4) is 17.9 Å². The van der Waals surface area contributed by atoms with Gasteiger partial charge in [0.2, 0.25) is 23.7 Å². The lowest BCUT2D eigenvalue weighted by molar-refractivity contribution is -0.151. The van der Waals surface area contributed by atoms with Crippen LogP contribution < -0.4 is 39.6 Å². The Balaban J connectivity index is 0.000000298. The van der Waals surface area contributed by atoms with E-state index in [0.717, 1.165) is 62.6 Å². The lowest BCUT2D eigenvalue weighted by Gasteiger charge is -2.17. The number of urea groups is 2. The largest absolute Gasteiger partial charge is 0.467 e. The Morgan fingerprint density at radius 2 is 1.40 bits per heavy atom. The van der Waals surface area contributed by atoms with Crippen LogP contribution in [0.5, 0.6) is 17.9 Å². The highest BCUT2D eigenvalue weighted by Crippen LogP contribution is 2.35. The van der Waals surface area contributed by atoms with Gasteiger partial charge in [0.15, 0.2) is 6.61 Å². The van der Waals surface area contributed by atoms with E-state index >= 15 is 0 Å². The van der Waals surface area contributed by atoms with Gasteiger partial charge in [0, 0.05) is 7.05 Å². The summed E-state index contributed by atoms with van der Waals surface area (Å²) in [6, 6.07) is 4.29. The topological polar surface area (TPSA) is 365 Å². The molecule has 5 aromatic rings. The van der Waals surface area contributed by atoms with Crippen molar-refractivity contribution in [1.29, 1.82) is 0 Å². The first-order valence-electron chi connectivity index (χ1n) is 21.5. The number of nitrogens with one attached hydrogen (secondary N) is 3. The molecule has 27 nitrogen and oxygen atoms in total. The van der Waals surface area contributed by atoms with Crippen LogP contribution in [-0.4, -0.2) is 130 Å². The zero-order valence-electron chi connectivity index (χ0n) is 41.4. The Bertz CT molecular complexity index is 3070. The Hall–Kier alpha value is -7.35. The van der Waals surface area contributed by atoms with Crippen LogP contribution in [0.15, 0.2) is 45.5 Å². The van der Waals surface area contributed by atoms with E-state index in [1.807, 2.05) is 11.6 Å². The van der Waals surface area contributed by atoms with Crippen molar-refractivity contribution < 1.29 is 73.6 Å². The second kappa shape index (κ2) is 28.9. The number of esters is 3. The molecular formula is C42H51Cl2FN12O15S3. The molecule has 0 aliphatic rings. The standard InChI is InChI=1S/C15H21Cl2FN2O3.C15H17N5O6S.C12H13N5O6S2/c1-3-4-5-6-7-9(2)23-10(21)8-22-15-12(17)13(19)11(16)14(18)20-15;1-9-16-13(18-14(17-9)26-4)20(2)15(22)19-27(23,24)11-8-6-5-7-10(11)12(21)25-3;1-6-13-10(16-12(14-6)23-3)15-11(19)17-25(20,21)7-4-5-24-8(7)9(18)22-2/h9H,3-8H2,1-2H3,(H2,19,20);5-8H,1-4H3,(H,19,22);4-5H,1-3H3,(H2,13,14,15,16,17,19). The van der Waals surface area contributed by atoms with E-state index in [1.165, 1.54) is 63.9 Å². The highest BCUT2D eigenvalue weighted by molar-refractivity contribution is 7.90. The number of pyridine rings is 1. The van der Waals surface area contributed by atoms with Crippen molar-refractivity contribution in [2.24, 2.45) is 0 Å². The Kier molecular flexibility index (Phi) is 23.9. The molecule has 1 atom stereocenters. The molecule has 5 N–H and O–H groups in total. The molecule has 408 valence electrons. The third kappa shape index (κ3) is 18.5. The van der Waals surface area contributed by atoms with Crippen LogP contribution in [0.3, 0.4) is 0 Å². The van der Waals surface area contributed by atoms with Crippen LogP contribution >= 0.6 is 34.5 Å². The van der Waals surface area contributed by atoms with Gasteiger partial charge in [-0.1, -0.05) is 61.5 Å². The van der Waals surface area contributed by atoms with Crippen LogP contribution in [0.1, 0.15) is 77.6 Å². The van der Waals surface area contributed by atoms with E-state index in [4.69, 9.17) is 47.9 Å². The molecular weight excluding hydrogens is 1100 g/mol. The number of halogens is 3. The summed E-state index contributed by atoms with van der Waals surface area (Å²) in [5.74, 6) is -3.35. The van der Waals surface area contributed by atoms with Crippen molar-refractivity contribution in [2.45, 2.75) is 75.7 Å². The lowest BCUT2D eigenvalue weighted by atomic mass is 10.1. The van der Waals surface area contributed by atoms with Gasteiger partial charge in [-0.15, -0.1) is 11.3 Å². The number of amides is 4. The number of nitrogen functional groups attached to an aromatic ring is 1. The van der Waals surface area contributed by atoms with E-state index in [0.29, 0.717) is 0 Å². The monoisotopic (exact) mass is 1150 g/mol. The van der Waals surface area contributed by atoms with E-state index in [2.05, 4.69) is 56.6 Å². The first-order valence-corrected chi connectivity index (χ1v) is 26.1. The molecule has 0 bridgehead atoms. The zero-order chi connectivity index (χ0) is 56.2. The maximum Gasteiger partial charge on any atom is 0.349 e. The van der Waals surface area contributed by atoms with Crippen LogP contribution in [-0.2, 0) is 39.1 Å². The minimum atomic E-state index is -4.37. The summed E-state index contributed by atoms with van der Waals surface area (Å²) in [5.41, 5.74) is 5.12. The number of anilines is 3. The van der Waals surface area contributed by atoms with E-state index in [1.54, 1.807) is 11.6 Å². The average molecular weight is 1150 g/mol. The lowest BCUT2D eigenvalue weighted by Crippen LogP contribution is -2.42. The number of unbranched alkanes of at least 4 members (excludes halogenated alkanes) is 3. The number of ether oxygens (including phenoxy) is 6. The number of nitrogens with zero attached hydrogens (tertiary/aromatic N) is 8. The first kappa shape index (κ1) is 61.9. The Labute approximate surface area is 443 Å². The van der Waals surface area contributed by atoms with Gasteiger partial charge < -0.3 is 34.2 Å². The predicted molar refractivity (Wildman–Crippen MR) is 268 cm³/mol. The van der Waals surface area contributed by atoms with E-state index in [-0.39, 0.29) is 78.6 Å². The van der Waals surface area contributed by atoms with Gasteiger partial charge in [-0.05, 0) is 57.2 Å². The molecule has 0 radical (unpaired) electrons. The third-order valence-corrected chi connectivity index (χ3v) is 13.6. The minimum Gasteiger partial charge on any atom is -0.467 e. The molecule has 0 spiro atoms. The number of benzene rings is 1. The molecule has 4 heterocycles. The summed E-state index contributed by atoms with van der Waals surface area (Å²) in [6.07, 6.45) is 4.99. The minimum absolute atomic E-state index is 0.0314. The molecule has 0 fully saturated rings. The van der Waals surface area contributed by atoms with E-state index < -0.39 is 67.5 Å². The van der Waals surface area contributed by atoms with Gasteiger partial charge in [-0.2, -0.15) is 39.3 Å². The van der Waals surface area contributed by atoms with Gasteiger partial charge in [-0.3, -0.25) is 10.2 Å². The van der Waals surface area contributed by atoms with Crippen LogP contribution in [0, 0.1) is 19.8 Å². The molecule has 5 rings (SSSR count). The third-order valence-electron chi connectivity index (χ3n) is 9.12. The fourth-order valence-corrected chi connectivity index (χ4v) is 9.36. The summed E-state index contributed by atoms with van der Waals surface area (Å²) < 4.78 is 95.7. The summed E-state index contributed by atoms with van der Waals surface area (Å²) >= 11 is 12.3. The number of hydrogen-bond acceptors (Lipinski definition) is 24. The number of methoxy groups -OCH3 is 4. The number of carbonyl (C=O) groups excluding carboxylic acids is 5. The van der Waals surface area contributed by atoms with E-state index in [9.17, 15) is 45.2 Å². The second-order valence-electron chi connectivity index (χ2n) is 14.7. The maximum atomic E-state index is 13.4. The molecule has 33 heteroatoms. The smallest absolute Gasteiger partial charge is 0.349 e. The molecule has 0 saturated heterocycles. The van der Waals surface area contributed by atoms with Crippen LogP contribution in [0.4, 0.5) is 31.6 Å². The molecule has 4 amide bonds. The number of rotatable bonds is 19. The van der Waals surface area contributed by atoms with Crippen molar-refractivity contribution >= 4 is 102 Å². The average Bonchev–Trinajstić information content (AvgIpc) is 3.88.